The lowest BCUT2D eigenvalue weighted by Crippen LogP contribution is -2.21. The molecule has 0 radical (unpaired) electrons. The summed E-state index contributed by atoms with van der Waals surface area (Å²) >= 11 is 0. The van der Waals surface area contributed by atoms with Crippen molar-refractivity contribution in [2.24, 2.45) is 0 Å². The van der Waals surface area contributed by atoms with Gasteiger partial charge in [-0.1, -0.05) is 26.2 Å². The average molecular weight is 172 g/mol. The minimum Gasteiger partial charge on any atom is -0.348 e. The zero-order valence-electron chi connectivity index (χ0n) is 8.43. The molecule has 0 aromatic carbocycles. The fraction of sp³-hybridized carbons (Fsp3) is 1.00. The molecule has 72 valence electrons. The molecule has 1 saturated heterocycles. The Hall–Kier alpha value is -0.0800. The van der Waals surface area contributed by atoms with Crippen LogP contribution >= 0.6 is 0 Å². The summed E-state index contributed by atoms with van der Waals surface area (Å²) in [4.78, 5) is 0. The molecule has 1 heterocycles. The Morgan fingerprint density at radius 3 is 2.58 bits per heavy atom. The summed E-state index contributed by atoms with van der Waals surface area (Å²) < 4.78 is 11.1. The van der Waals surface area contributed by atoms with E-state index in [1.807, 2.05) is 13.8 Å². The molecule has 1 aliphatic heterocycles. The van der Waals surface area contributed by atoms with Crippen LogP contribution in [0.25, 0.3) is 0 Å². The van der Waals surface area contributed by atoms with Gasteiger partial charge in [-0.15, -0.1) is 0 Å². The normalized spacial score (nSPS) is 27.8. The van der Waals surface area contributed by atoms with Gasteiger partial charge in [-0.2, -0.15) is 0 Å². The van der Waals surface area contributed by atoms with Crippen LogP contribution in [-0.2, 0) is 9.47 Å². The van der Waals surface area contributed by atoms with Crippen LogP contribution < -0.4 is 0 Å². The lowest BCUT2D eigenvalue weighted by atomic mass is 10.1. The Kier molecular flexibility index (Phi) is 3.53. The van der Waals surface area contributed by atoms with Crippen LogP contribution in [0.5, 0.6) is 0 Å². The van der Waals surface area contributed by atoms with Gasteiger partial charge in [0.05, 0.1) is 12.7 Å². The Bertz CT molecular complexity index is 132. The van der Waals surface area contributed by atoms with E-state index in [1.54, 1.807) is 0 Å². The molecule has 0 spiro atoms. The number of ether oxygens (including phenoxy) is 2. The smallest absolute Gasteiger partial charge is 0.163 e. The van der Waals surface area contributed by atoms with Crippen molar-refractivity contribution in [3.8, 4) is 0 Å². The maximum atomic E-state index is 5.67. The molecular weight excluding hydrogens is 152 g/mol. The minimum atomic E-state index is -0.336. The van der Waals surface area contributed by atoms with Gasteiger partial charge >= 0.3 is 0 Å². The molecule has 0 aromatic heterocycles. The van der Waals surface area contributed by atoms with Crippen LogP contribution in [0.1, 0.15) is 46.5 Å². The van der Waals surface area contributed by atoms with Crippen LogP contribution in [0.3, 0.4) is 0 Å². The summed E-state index contributed by atoms with van der Waals surface area (Å²) in [6, 6.07) is 0. The summed E-state index contributed by atoms with van der Waals surface area (Å²) in [6.45, 7) is 6.95. The molecule has 0 amide bonds. The van der Waals surface area contributed by atoms with Crippen molar-refractivity contribution in [2.45, 2.75) is 58.3 Å². The van der Waals surface area contributed by atoms with E-state index in [0.717, 1.165) is 13.0 Å². The average Bonchev–Trinajstić information content (AvgIpc) is 2.31. The highest BCUT2D eigenvalue weighted by molar-refractivity contribution is 4.70. The third kappa shape index (κ3) is 3.11. The topological polar surface area (TPSA) is 18.5 Å². The second kappa shape index (κ2) is 4.24. The molecular formula is C10H20O2. The highest BCUT2D eigenvalue weighted by Gasteiger charge is 2.31. The maximum Gasteiger partial charge on any atom is 0.163 e. The standard InChI is InChI=1S/C10H20O2/c1-4-5-6-7-9-8-11-10(2,3)12-9/h9H,4-8H2,1-3H3/t9-/m0/s1. The van der Waals surface area contributed by atoms with Crippen LogP contribution in [0.2, 0.25) is 0 Å². The molecule has 1 fully saturated rings. The van der Waals surface area contributed by atoms with E-state index in [-0.39, 0.29) is 5.79 Å². The third-order valence-corrected chi connectivity index (χ3v) is 2.20. The molecule has 0 unspecified atom stereocenters. The molecule has 1 rings (SSSR count). The van der Waals surface area contributed by atoms with Crippen molar-refractivity contribution >= 4 is 0 Å². The van der Waals surface area contributed by atoms with Gasteiger partial charge in [0, 0.05) is 0 Å². The number of unbranched alkanes of at least 4 members (excludes halogenated alkanes) is 2. The monoisotopic (exact) mass is 172 g/mol. The Labute approximate surface area is 75.2 Å². The first-order chi connectivity index (χ1) is 5.64. The minimum absolute atomic E-state index is 0.336. The van der Waals surface area contributed by atoms with Gasteiger partial charge in [0.2, 0.25) is 0 Å². The van der Waals surface area contributed by atoms with E-state index < -0.39 is 0 Å². The number of rotatable bonds is 4. The largest absolute Gasteiger partial charge is 0.348 e. The zero-order valence-corrected chi connectivity index (χ0v) is 8.43. The van der Waals surface area contributed by atoms with Gasteiger partial charge in [-0.3, -0.25) is 0 Å². The van der Waals surface area contributed by atoms with Gasteiger partial charge < -0.3 is 9.47 Å². The van der Waals surface area contributed by atoms with Gasteiger partial charge in [-0.05, 0) is 20.3 Å². The Balaban J connectivity index is 2.11. The number of hydrogen-bond donors (Lipinski definition) is 0. The quantitative estimate of drug-likeness (QED) is 0.607. The molecule has 0 saturated carbocycles. The summed E-state index contributed by atoms with van der Waals surface area (Å²) in [5.41, 5.74) is 0. The van der Waals surface area contributed by atoms with Crippen LogP contribution in [-0.4, -0.2) is 18.5 Å². The summed E-state index contributed by atoms with van der Waals surface area (Å²) in [5, 5.41) is 0. The first-order valence-corrected chi connectivity index (χ1v) is 4.96. The fourth-order valence-electron chi connectivity index (χ4n) is 1.53. The molecule has 12 heavy (non-hydrogen) atoms. The van der Waals surface area contributed by atoms with E-state index in [9.17, 15) is 0 Å². The Morgan fingerprint density at radius 2 is 2.08 bits per heavy atom. The van der Waals surface area contributed by atoms with Gasteiger partial charge in [0.1, 0.15) is 0 Å². The predicted octanol–water partition coefficient (Wildman–Crippen LogP) is 2.72. The summed E-state index contributed by atoms with van der Waals surface area (Å²) in [6.07, 6.45) is 5.33. The first-order valence-electron chi connectivity index (χ1n) is 4.96. The fourth-order valence-corrected chi connectivity index (χ4v) is 1.53. The van der Waals surface area contributed by atoms with Gasteiger partial charge in [0.25, 0.3) is 0 Å². The lowest BCUT2D eigenvalue weighted by Gasteiger charge is -2.16. The van der Waals surface area contributed by atoms with Crippen molar-refractivity contribution in [3.05, 3.63) is 0 Å². The Morgan fingerprint density at radius 1 is 1.33 bits per heavy atom. The van der Waals surface area contributed by atoms with E-state index in [1.165, 1.54) is 19.3 Å². The predicted molar refractivity (Wildman–Crippen MR) is 49.0 cm³/mol. The molecule has 2 nitrogen and oxygen atoms in total. The molecule has 2 heteroatoms. The molecule has 0 aliphatic carbocycles. The van der Waals surface area contributed by atoms with Crippen molar-refractivity contribution in [2.75, 3.05) is 6.61 Å². The highest BCUT2D eigenvalue weighted by atomic mass is 16.7. The summed E-state index contributed by atoms with van der Waals surface area (Å²) in [5.74, 6) is -0.336. The van der Waals surface area contributed by atoms with Crippen molar-refractivity contribution in [1.29, 1.82) is 0 Å². The maximum absolute atomic E-state index is 5.67. The summed E-state index contributed by atoms with van der Waals surface area (Å²) in [7, 11) is 0. The van der Waals surface area contributed by atoms with Crippen molar-refractivity contribution in [3.63, 3.8) is 0 Å². The third-order valence-electron chi connectivity index (χ3n) is 2.20. The van der Waals surface area contributed by atoms with E-state index in [0.29, 0.717) is 6.10 Å². The highest BCUT2D eigenvalue weighted by Crippen LogP contribution is 2.25. The lowest BCUT2D eigenvalue weighted by molar-refractivity contribution is -0.139. The second-order valence-corrected chi connectivity index (χ2v) is 3.95. The van der Waals surface area contributed by atoms with Gasteiger partial charge in [0.15, 0.2) is 5.79 Å². The molecule has 1 atom stereocenters. The molecule has 0 bridgehead atoms. The van der Waals surface area contributed by atoms with E-state index in [4.69, 9.17) is 9.47 Å². The van der Waals surface area contributed by atoms with E-state index in [2.05, 4.69) is 6.92 Å². The van der Waals surface area contributed by atoms with Crippen molar-refractivity contribution in [1.82, 2.24) is 0 Å². The van der Waals surface area contributed by atoms with Crippen LogP contribution in [0.4, 0.5) is 0 Å². The van der Waals surface area contributed by atoms with E-state index >= 15 is 0 Å². The first kappa shape index (κ1) is 10.0. The zero-order chi connectivity index (χ0) is 9.03. The second-order valence-electron chi connectivity index (χ2n) is 3.95. The SMILES string of the molecule is CCCCC[C@H]1COC(C)(C)O1. The van der Waals surface area contributed by atoms with Crippen molar-refractivity contribution < 1.29 is 9.47 Å². The van der Waals surface area contributed by atoms with Crippen LogP contribution in [0, 0.1) is 0 Å². The van der Waals surface area contributed by atoms with Gasteiger partial charge in [-0.25, -0.2) is 0 Å². The van der Waals surface area contributed by atoms with Crippen LogP contribution in [0.15, 0.2) is 0 Å². The molecule has 1 aliphatic rings. The number of hydrogen-bond acceptors (Lipinski definition) is 2. The molecule has 0 N–H and O–H groups in total. The molecule has 0 aromatic rings.